The van der Waals surface area contributed by atoms with Crippen LogP contribution in [0.25, 0.3) is 0 Å². The first-order chi connectivity index (χ1) is 8.11. The van der Waals surface area contributed by atoms with Gasteiger partial charge in [0, 0.05) is 26.2 Å². The zero-order valence-corrected chi connectivity index (χ0v) is 11.4. The van der Waals surface area contributed by atoms with Gasteiger partial charge in [0.1, 0.15) is 0 Å². The maximum Gasteiger partial charge on any atom is 0.0863 e. The summed E-state index contributed by atoms with van der Waals surface area (Å²) >= 11 is 6.34. The fourth-order valence-electron chi connectivity index (χ4n) is 2.44. The van der Waals surface area contributed by atoms with Gasteiger partial charge in [-0.2, -0.15) is 5.10 Å². The van der Waals surface area contributed by atoms with Gasteiger partial charge in [-0.3, -0.25) is 9.58 Å². The van der Waals surface area contributed by atoms with Crippen LogP contribution in [0.2, 0.25) is 5.02 Å². The average Bonchev–Trinajstić information content (AvgIpc) is 2.56. The molecular weight excluding hydrogens is 236 g/mol. The first-order valence-corrected chi connectivity index (χ1v) is 6.67. The molecule has 96 valence electrons. The van der Waals surface area contributed by atoms with Crippen molar-refractivity contribution in [3.63, 3.8) is 0 Å². The molecule has 1 atom stereocenters. The number of aryl methyl sites for hydroxylation is 2. The lowest BCUT2D eigenvalue weighted by Crippen LogP contribution is -2.42. The van der Waals surface area contributed by atoms with E-state index in [0.717, 1.165) is 48.9 Å². The molecule has 5 heteroatoms. The molecule has 1 aliphatic rings. The first-order valence-electron chi connectivity index (χ1n) is 6.30. The Morgan fingerprint density at radius 1 is 1.53 bits per heavy atom. The van der Waals surface area contributed by atoms with Crippen LogP contribution in [-0.2, 0) is 20.0 Å². The summed E-state index contributed by atoms with van der Waals surface area (Å²) in [5.41, 5.74) is 8.09. The largest absolute Gasteiger partial charge is 0.327 e. The van der Waals surface area contributed by atoms with E-state index in [0.29, 0.717) is 6.04 Å². The number of aromatic nitrogens is 2. The van der Waals surface area contributed by atoms with Crippen LogP contribution in [0.3, 0.4) is 0 Å². The van der Waals surface area contributed by atoms with Crippen LogP contribution in [-0.4, -0.2) is 33.8 Å². The Labute approximate surface area is 108 Å². The molecule has 1 fully saturated rings. The zero-order chi connectivity index (χ0) is 12.4. The Morgan fingerprint density at radius 3 is 2.88 bits per heavy atom. The lowest BCUT2D eigenvalue weighted by Gasteiger charge is -2.30. The van der Waals surface area contributed by atoms with E-state index in [1.54, 1.807) is 0 Å². The number of halogens is 1. The Bertz CT molecular complexity index is 388. The van der Waals surface area contributed by atoms with Gasteiger partial charge in [-0.05, 0) is 25.8 Å². The summed E-state index contributed by atoms with van der Waals surface area (Å²) in [5.74, 6) is 0. The smallest absolute Gasteiger partial charge is 0.0863 e. The van der Waals surface area contributed by atoms with Gasteiger partial charge in [0.25, 0.3) is 0 Å². The molecule has 0 bridgehead atoms. The molecule has 2 N–H and O–H groups in total. The minimum atomic E-state index is 0.307. The fourth-order valence-corrected chi connectivity index (χ4v) is 2.79. The van der Waals surface area contributed by atoms with Crippen molar-refractivity contribution in [2.75, 3.05) is 13.1 Å². The molecule has 0 unspecified atom stereocenters. The Kier molecular flexibility index (Phi) is 4.07. The van der Waals surface area contributed by atoms with Gasteiger partial charge in [-0.1, -0.05) is 18.5 Å². The molecule has 1 aromatic heterocycles. The van der Waals surface area contributed by atoms with Gasteiger partial charge in [0.2, 0.25) is 0 Å². The van der Waals surface area contributed by atoms with Crippen molar-refractivity contribution >= 4 is 11.6 Å². The van der Waals surface area contributed by atoms with Crippen LogP contribution < -0.4 is 5.73 Å². The summed E-state index contributed by atoms with van der Waals surface area (Å²) in [7, 11) is 1.96. The number of hydrogen-bond donors (Lipinski definition) is 1. The van der Waals surface area contributed by atoms with E-state index in [9.17, 15) is 0 Å². The van der Waals surface area contributed by atoms with Gasteiger partial charge in [0.15, 0.2) is 0 Å². The SMILES string of the molecule is CCc1nn(C)c(CN2CCC[C@@H](N)C2)c1Cl. The molecule has 2 heterocycles. The van der Waals surface area contributed by atoms with Gasteiger partial charge < -0.3 is 5.73 Å². The molecule has 0 amide bonds. The highest BCUT2D eigenvalue weighted by molar-refractivity contribution is 6.31. The van der Waals surface area contributed by atoms with Crippen molar-refractivity contribution < 1.29 is 0 Å². The summed E-state index contributed by atoms with van der Waals surface area (Å²) in [4.78, 5) is 2.37. The molecule has 17 heavy (non-hydrogen) atoms. The van der Waals surface area contributed by atoms with Crippen molar-refractivity contribution in [3.8, 4) is 0 Å². The number of nitrogens with zero attached hydrogens (tertiary/aromatic N) is 3. The van der Waals surface area contributed by atoms with Crippen LogP contribution in [0.1, 0.15) is 31.2 Å². The summed E-state index contributed by atoms with van der Waals surface area (Å²) in [5, 5.41) is 5.27. The predicted molar refractivity (Wildman–Crippen MR) is 70.1 cm³/mol. The Hall–Kier alpha value is -0.580. The van der Waals surface area contributed by atoms with E-state index in [-0.39, 0.29) is 0 Å². The molecule has 1 aliphatic heterocycles. The molecule has 2 rings (SSSR count). The first kappa shape index (κ1) is 12.9. The summed E-state index contributed by atoms with van der Waals surface area (Å²) in [6, 6.07) is 0.307. The minimum Gasteiger partial charge on any atom is -0.327 e. The second kappa shape index (κ2) is 5.38. The van der Waals surface area contributed by atoms with Gasteiger partial charge in [-0.25, -0.2) is 0 Å². The van der Waals surface area contributed by atoms with E-state index in [2.05, 4.69) is 16.9 Å². The van der Waals surface area contributed by atoms with Crippen molar-refractivity contribution in [2.24, 2.45) is 12.8 Å². The normalized spacial score (nSPS) is 22.0. The van der Waals surface area contributed by atoms with Crippen LogP contribution >= 0.6 is 11.6 Å². The second-order valence-corrected chi connectivity index (χ2v) is 5.20. The van der Waals surface area contributed by atoms with Crippen molar-refractivity contribution in [1.82, 2.24) is 14.7 Å². The monoisotopic (exact) mass is 256 g/mol. The van der Waals surface area contributed by atoms with E-state index < -0.39 is 0 Å². The molecule has 0 radical (unpaired) electrons. The van der Waals surface area contributed by atoms with E-state index in [4.69, 9.17) is 17.3 Å². The van der Waals surface area contributed by atoms with Crippen molar-refractivity contribution in [3.05, 3.63) is 16.4 Å². The maximum absolute atomic E-state index is 6.34. The van der Waals surface area contributed by atoms with E-state index in [1.165, 1.54) is 6.42 Å². The lowest BCUT2D eigenvalue weighted by molar-refractivity contribution is 0.197. The summed E-state index contributed by atoms with van der Waals surface area (Å²) in [6.45, 7) is 5.00. The standard InChI is InChI=1S/C12H21ClN4/c1-3-10-12(13)11(16(2)15-10)8-17-6-4-5-9(14)7-17/h9H,3-8,14H2,1-2H3/t9-/m1/s1. The van der Waals surface area contributed by atoms with Gasteiger partial charge in [-0.15, -0.1) is 0 Å². The molecule has 0 spiro atoms. The number of hydrogen-bond acceptors (Lipinski definition) is 3. The van der Waals surface area contributed by atoms with Gasteiger partial charge >= 0.3 is 0 Å². The summed E-state index contributed by atoms with van der Waals surface area (Å²) < 4.78 is 1.90. The molecular formula is C12H21ClN4. The maximum atomic E-state index is 6.34. The number of rotatable bonds is 3. The fraction of sp³-hybridized carbons (Fsp3) is 0.750. The van der Waals surface area contributed by atoms with Crippen LogP contribution in [0.5, 0.6) is 0 Å². The lowest BCUT2D eigenvalue weighted by atomic mass is 10.1. The van der Waals surface area contributed by atoms with E-state index >= 15 is 0 Å². The highest BCUT2D eigenvalue weighted by Gasteiger charge is 2.20. The highest BCUT2D eigenvalue weighted by Crippen LogP contribution is 2.23. The minimum absolute atomic E-state index is 0.307. The Balaban J connectivity index is 2.10. The molecule has 0 aliphatic carbocycles. The van der Waals surface area contributed by atoms with E-state index in [1.807, 2.05) is 11.7 Å². The molecule has 1 aromatic rings. The third kappa shape index (κ3) is 2.81. The second-order valence-electron chi connectivity index (χ2n) is 4.82. The van der Waals surface area contributed by atoms with Crippen LogP contribution in [0, 0.1) is 0 Å². The molecule has 0 saturated carbocycles. The Morgan fingerprint density at radius 2 is 2.29 bits per heavy atom. The predicted octanol–water partition coefficient (Wildman–Crippen LogP) is 1.56. The van der Waals surface area contributed by atoms with Crippen LogP contribution in [0.15, 0.2) is 0 Å². The quantitative estimate of drug-likeness (QED) is 0.893. The molecule has 1 saturated heterocycles. The number of likely N-dealkylation sites (tertiary alicyclic amines) is 1. The third-order valence-corrected chi connectivity index (χ3v) is 3.85. The van der Waals surface area contributed by atoms with Crippen molar-refractivity contribution in [1.29, 1.82) is 0 Å². The molecule has 4 nitrogen and oxygen atoms in total. The summed E-state index contributed by atoms with van der Waals surface area (Å²) in [6.07, 6.45) is 3.19. The average molecular weight is 257 g/mol. The van der Waals surface area contributed by atoms with Crippen LogP contribution in [0.4, 0.5) is 0 Å². The third-order valence-electron chi connectivity index (χ3n) is 3.42. The zero-order valence-electron chi connectivity index (χ0n) is 10.6. The van der Waals surface area contributed by atoms with Crippen molar-refractivity contribution in [2.45, 2.75) is 38.8 Å². The highest BCUT2D eigenvalue weighted by atomic mass is 35.5. The molecule has 0 aromatic carbocycles. The number of piperidine rings is 1. The van der Waals surface area contributed by atoms with Gasteiger partial charge in [0.05, 0.1) is 16.4 Å². The topological polar surface area (TPSA) is 47.1 Å². The number of nitrogens with two attached hydrogens (primary N) is 1.